The monoisotopic (exact) mass is 205 g/mol. The number of halogens is 2. The van der Waals surface area contributed by atoms with Crippen LogP contribution in [0.25, 0.3) is 0 Å². The van der Waals surface area contributed by atoms with Crippen LogP contribution in [0.15, 0.2) is 0 Å². The summed E-state index contributed by atoms with van der Waals surface area (Å²) in [5, 5.41) is 0. The van der Waals surface area contributed by atoms with Crippen molar-refractivity contribution >= 4 is 0 Å². The Morgan fingerprint density at radius 2 is 1.93 bits per heavy atom. The first kappa shape index (κ1) is 11.9. The van der Waals surface area contributed by atoms with Gasteiger partial charge in [0.2, 0.25) is 0 Å². The van der Waals surface area contributed by atoms with Crippen molar-refractivity contribution in [2.45, 2.75) is 52.0 Å². The molecule has 0 N–H and O–H groups in total. The highest BCUT2D eigenvalue weighted by atomic mass is 19.3. The normalized spacial score (nSPS) is 29.1. The second kappa shape index (κ2) is 3.76. The number of nitrogens with zero attached hydrogens (tertiary/aromatic N) is 1. The highest BCUT2D eigenvalue weighted by Gasteiger charge is 2.45. The minimum Gasteiger partial charge on any atom is -0.293 e. The summed E-state index contributed by atoms with van der Waals surface area (Å²) in [6.45, 7) is 8.57. The smallest absolute Gasteiger partial charge is 0.263 e. The van der Waals surface area contributed by atoms with Gasteiger partial charge in [-0.1, -0.05) is 6.92 Å². The van der Waals surface area contributed by atoms with Gasteiger partial charge >= 0.3 is 0 Å². The maximum absolute atomic E-state index is 13.6. The van der Waals surface area contributed by atoms with E-state index in [1.807, 2.05) is 32.6 Å². The van der Waals surface area contributed by atoms with Gasteiger partial charge in [0.15, 0.2) is 0 Å². The zero-order chi connectivity index (χ0) is 11.0. The van der Waals surface area contributed by atoms with Crippen molar-refractivity contribution in [3.8, 4) is 0 Å². The first-order valence-corrected chi connectivity index (χ1v) is 5.40. The third-order valence-corrected chi connectivity index (χ3v) is 3.19. The molecule has 84 valence electrons. The third-order valence-electron chi connectivity index (χ3n) is 3.19. The second-order valence-corrected chi connectivity index (χ2v) is 5.25. The van der Waals surface area contributed by atoms with Crippen LogP contribution >= 0.6 is 0 Å². The molecule has 1 heterocycles. The van der Waals surface area contributed by atoms with Gasteiger partial charge < -0.3 is 0 Å². The van der Waals surface area contributed by atoms with Gasteiger partial charge in [-0.2, -0.15) is 0 Å². The van der Waals surface area contributed by atoms with Crippen molar-refractivity contribution in [2.75, 3.05) is 13.1 Å². The van der Waals surface area contributed by atoms with Crippen molar-refractivity contribution in [3.05, 3.63) is 0 Å². The van der Waals surface area contributed by atoms with E-state index in [0.29, 0.717) is 12.8 Å². The van der Waals surface area contributed by atoms with Crippen LogP contribution < -0.4 is 0 Å². The largest absolute Gasteiger partial charge is 0.293 e. The summed E-state index contributed by atoms with van der Waals surface area (Å²) in [4.78, 5) is 1.89. The van der Waals surface area contributed by atoms with E-state index in [1.165, 1.54) is 0 Å². The molecule has 0 aromatic rings. The van der Waals surface area contributed by atoms with Gasteiger partial charge in [0.1, 0.15) is 0 Å². The summed E-state index contributed by atoms with van der Waals surface area (Å²) >= 11 is 0. The van der Waals surface area contributed by atoms with Gasteiger partial charge in [-0.15, -0.1) is 0 Å². The van der Waals surface area contributed by atoms with Gasteiger partial charge in [-0.3, -0.25) is 4.90 Å². The molecule has 1 nitrogen and oxygen atoms in total. The quantitative estimate of drug-likeness (QED) is 0.635. The molecule has 0 bridgehead atoms. The summed E-state index contributed by atoms with van der Waals surface area (Å²) in [6, 6.07) is 0. The van der Waals surface area contributed by atoms with Crippen molar-refractivity contribution in [3.63, 3.8) is 0 Å². The average molecular weight is 205 g/mol. The van der Waals surface area contributed by atoms with E-state index >= 15 is 0 Å². The predicted octanol–water partition coefficient (Wildman–Crippen LogP) is 3.15. The molecule has 1 aliphatic rings. The zero-order valence-corrected chi connectivity index (χ0v) is 9.61. The van der Waals surface area contributed by atoms with Crippen LogP contribution in [-0.4, -0.2) is 29.5 Å². The van der Waals surface area contributed by atoms with Crippen LogP contribution in [0.5, 0.6) is 0 Å². The molecule has 0 radical (unpaired) electrons. The molecular weight excluding hydrogens is 184 g/mol. The number of rotatable bonds is 1. The fraction of sp³-hybridized carbons (Fsp3) is 1.00. The number of hydrogen-bond acceptors (Lipinski definition) is 1. The molecule has 0 aromatic carbocycles. The minimum atomic E-state index is -2.50. The Labute approximate surface area is 85.5 Å². The van der Waals surface area contributed by atoms with Gasteiger partial charge in [-0.05, 0) is 40.2 Å². The fourth-order valence-electron chi connectivity index (χ4n) is 2.06. The summed E-state index contributed by atoms with van der Waals surface area (Å²) in [7, 11) is 0. The molecule has 0 amide bonds. The Morgan fingerprint density at radius 1 is 1.36 bits per heavy atom. The van der Waals surface area contributed by atoms with E-state index in [-0.39, 0.29) is 12.1 Å². The topological polar surface area (TPSA) is 3.24 Å². The molecule has 1 rings (SSSR count). The maximum Gasteiger partial charge on any atom is 0.263 e. The summed E-state index contributed by atoms with van der Waals surface area (Å²) in [6.07, 6.45) is 1.21. The Balaban J connectivity index is 2.67. The third kappa shape index (κ3) is 2.44. The van der Waals surface area contributed by atoms with Gasteiger partial charge in [0, 0.05) is 11.5 Å². The molecular formula is C11H21F2N. The molecule has 0 spiro atoms. The van der Waals surface area contributed by atoms with E-state index in [2.05, 4.69) is 0 Å². The molecule has 1 saturated heterocycles. The van der Waals surface area contributed by atoms with Crippen LogP contribution in [0.3, 0.4) is 0 Å². The lowest BCUT2D eigenvalue weighted by atomic mass is 9.88. The maximum atomic E-state index is 13.6. The van der Waals surface area contributed by atoms with E-state index in [0.717, 1.165) is 6.54 Å². The molecule has 1 aliphatic heterocycles. The van der Waals surface area contributed by atoms with Crippen molar-refractivity contribution < 1.29 is 8.78 Å². The number of hydrogen-bond donors (Lipinski definition) is 0. The Hall–Kier alpha value is -0.180. The molecule has 1 unspecified atom stereocenters. The molecule has 0 aromatic heterocycles. The Morgan fingerprint density at radius 3 is 2.29 bits per heavy atom. The summed E-state index contributed by atoms with van der Waals surface area (Å²) in [5.41, 5.74) is -0.137. The van der Waals surface area contributed by atoms with Gasteiger partial charge in [0.25, 0.3) is 5.92 Å². The lowest BCUT2D eigenvalue weighted by molar-refractivity contribution is -0.129. The Kier molecular flexibility index (Phi) is 3.20. The van der Waals surface area contributed by atoms with Crippen molar-refractivity contribution in [1.82, 2.24) is 4.90 Å². The standard InChI is InChI=1S/C11H21F2N/c1-5-9-6-7-14(10(2,3)4)8-11(9,12)13/h9H,5-8H2,1-4H3. The minimum absolute atomic E-state index is 0.0744. The summed E-state index contributed by atoms with van der Waals surface area (Å²) < 4.78 is 27.2. The highest BCUT2D eigenvalue weighted by molar-refractivity contribution is 4.90. The van der Waals surface area contributed by atoms with Crippen LogP contribution in [0.2, 0.25) is 0 Å². The fourth-order valence-corrected chi connectivity index (χ4v) is 2.06. The predicted molar refractivity (Wildman–Crippen MR) is 54.7 cm³/mol. The van der Waals surface area contributed by atoms with Crippen LogP contribution in [-0.2, 0) is 0 Å². The van der Waals surface area contributed by atoms with E-state index in [4.69, 9.17) is 0 Å². The van der Waals surface area contributed by atoms with Crippen molar-refractivity contribution in [1.29, 1.82) is 0 Å². The number of likely N-dealkylation sites (tertiary alicyclic amines) is 1. The molecule has 14 heavy (non-hydrogen) atoms. The van der Waals surface area contributed by atoms with Gasteiger partial charge in [0.05, 0.1) is 6.54 Å². The first-order chi connectivity index (χ1) is 6.27. The summed E-state index contributed by atoms with van der Waals surface area (Å²) in [5.74, 6) is -2.92. The van der Waals surface area contributed by atoms with E-state index < -0.39 is 11.8 Å². The molecule has 3 heteroatoms. The average Bonchev–Trinajstić information content (AvgIpc) is 2.00. The molecule has 0 saturated carbocycles. The highest BCUT2D eigenvalue weighted by Crippen LogP contribution is 2.37. The second-order valence-electron chi connectivity index (χ2n) is 5.25. The van der Waals surface area contributed by atoms with Gasteiger partial charge in [-0.25, -0.2) is 8.78 Å². The van der Waals surface area contributed by atoms with E-state index in [9.17, 15) is 8.78 Å². The van der Waals surface area contributed by atoms with Crippen LogP contribution in [0.1, 0.15) is 40.5 Å². The lowest BCUT2D eigenvalue weighted by Gasteiger charge is -2.44. The first-order valence-electron chi connectivity index (χ1n) is 5.40. The number of piperidine rings is 1. The molecule has 1 atom stereocenters. The van der Waals surface area contributed by atoms with E-state index in [1.54, 1.807) is 0 Å². The Bertz CT molecular complexity index is 196. The van der Waals surface area contributed by atoms with Crippen LogP contribution in [0.4, 0.5) is 8.78 Å². The zero-order valence-electron chi connectivity index (χ0n) is 9.61. The molecule has 0 aliphatic carbocycles. The lowest BCUT2D eigenvalue weighted by Crippen LogP contribution is -2.54. The number of alkyl halides is 2. The SMILES string of the molecule is CCC1CCN(C(C)(C)C)CC1(F)F. The van der Waals surface area contributed by atoms with Crippen LogP contribution in [0, 0.1) is 5.92 Å². The molecule has 1 fully saturated rings. The van der Waals surface area contributed by atoms with Crippen molar-refractivity contribution in [2.24, 2.45) is 5.92 Å².